The predicted molar refractivity (Wildman–Crippen MR) is 79.4 cm³/mol. The molecule has 0 aliphatic carbocycles. The molecule has 0 radical (unpaired) electrons. The lowest BCUT2D eigenvalue weighted by atomic mass is 10.1. The highest BCUT2D eigenvalue weighted by Crippen LogP contribution is 2.18. The van der Waals surface area contributed by atoms with Gasteiger partial charge in [0.1, 0.15) is 11.7 Å². The smallest absolute Gasteiger partial charge is 0.303 e. The van der Waals surface area contributed by atoms with E-state index >= 15 is 0 Å². The maximum Gasteiger partial charge on any atom is 0.303 e. The maximum absolute atomic E-state index is 12.7. The van der Waals surface area contributed by atoms with E-state index in [1.807, 2.05) is 0 Å². The highest BCUT2D eigenvalue weighted by atomic mass is 35.5. The number of piperazine rings is 1. The van der Waals surface area contributed by atoms with Crippen molar-refractivity contribution in [1.29, 1.82) is 0 Å². The van der Waals surface area contributed by atoms with Gasteiger partial charge in [-0.1, -0.05) is 5.21 Å². The van der Waals surface area contributed by atoms with Crippen molar-refractivity contribution in [2.75, 3.05) is 32.8 Å². The van der Waals surface area contributed by atoms with E-state index in [0.29, 0.717) is 31.9 Å². The quantitative estimate of drug-likeness (QED) is 0.378. The predicted octanol–water partition coefficient (Wildman–Crippen LogP) is -4.89. The van der Waals surface area contributed by atoms with Gasteiger partial charge in [-0.05, 0) is 6.42 Å². The third-order valence-electron chi connectivity index (χ3n) is 3.77. The molecule has 2 atom stereocenters. The van der Waals surface area contributed by atoms with Crippen LogP contribution in [0.4, 0.5) is 0 Å². The van der Waals surface area contributed by atoms with Crippen molar-refractivity contribution >= 4 is 11.9 Å². The Hall–Kier alpha value is -1.75. The van der Waals surface area contributed by atoms with Crippen molar-refractivity contribution in [3.05, 3.63) is 11.9 Å². The summed E-state index contributed by atoms with van der Waals surface area (Å²) in [5, 5.41) is 28.9. The van der Waals surface area contributed by atoms with Crippen LogP contribution in [0.2, 0.25) is 0 Å². The second-order valence-corrected chi connectivity index (χ2v) is 5.44. The van der Waals surface area contributed by atoms with Crippen LogP contribution in [0, 0.1) is 0 Å². The summed E-state index contributed by atoms with van der Waals surface area (Å²) in [6.07, 6.45) is 1.46. The van der Waals surface area contributed by atoms with Crippen LogP contribution >= 0.6 is 0 Å². The molecule has 0 spiro atoms. The first-order chi connectivity index (χ1) is 11.0. The highest BCUT2D eigenvalue weighted by molar-refractivity contribution is 5.81. The Bertz CT molecular complexity index is 548. The summed E-state index contributed by atoms with van der Waals surface area (Å²) in [6.45, 7) is 2.26. The summed E-state index contributed by atoms with van der Waals surface area (Å²) in [5.41, 5.74) is 6.05. The first-order valence-electron chi connectivity index (χ1n) is 7.52. The molecular weight excluding hydrogens is 340 g/mol. The number of carboxylic acid groups (broad SMARTS) is 1. The molecule has 136 valence electrons. The summed E-state index contributed by atoms with van der Waals surface area (Å²) in [6, 6.07) is -1.42. The molecule has 1 aliphatic heterocycles. The van der Waals surface area contributed by atoms with Gasteiger partial charge in [-0.25, -0.2) is 4.68 Å². The fraction of sp³-hybridized carbons (Fsp3) is 0.692. The SMILES string of the molecule is NC(CO)c1cn([C@@H](CCC(=O)O)C(=O)N2CCNCC2)nn1.[Cl-]. The first kappa shape index (κ1) is 20.3. The zero-order valence-electron chi connectivity index (χ0n) is 13.1. The Labute approximate surface area is 145 Å². The monoisotopic (exact) mass is 361 g/mol. The molecule has 1 saturated heterocycles. The van der Waals surface area contributed by atoms with E-state index in [1.54, 1.807) is 4.90 Å². The van der Waals surface area contributed by atoms with Gasteiger partial charge in [-0.15, -0.1) is 5.10 Å². The molecule has 2 rings (SSSR count). The number of halogens is 1. The molecule has 24 heavy (non-hydrogen) atoms. The minimum absolute atomic E-state index is 0. The number of carbonyl (C=O) groups excluding carboxylic acids is 1. The minimum Gasteiger partial charge on any atom is -1.00 e. The Morgan fingerprint density at radius 3 is 2.62 bits per heavy atom. The topological polar surface area (TPSA) is 147 Å². The summed E-state index contributed by atoms with van der Waals surface area (Å²) < 4.78 is 1.35. The van der Waals surface area contributed by atoms with Gasteiger partial charge in [0.15, 0.2) is 0 Å². The van der Waals surface area contributed by atoms with Crippen molar-refractivity contribution in [2.24, 2.45) is 5.73 Å². The van der Waals surface area contributed by atoms with E-state index in [9.17, 15) is 9.59 Å². The van der Waals surface area contributed by atoms with Gasteiger partial charge in [0.25, 0.3) is 0 Å². The molecule has 1 aliphatic rings. The number of nitrogens with zero attached hydrogens (tertiary/aromatic N) is 4. The average Bonchev–Trinajstić information content (AvgIpc) is 3.04. The molecule has 1 aromatic heterocycles. The van der Waals surface area contributed by atoms with Gasteiger partial charge in [0.05, 0.1) is 18.8 Å². The number of nitrogens with one attached hydrogen (secondary N) is 1. The Balaban J connectivity index is 0.00000288. The summed E-state index contributed by atoms with van der Waals surface area (Å²) in [4.78, 5) is 25.2. The van der Waals surface area contributed by atoms with Gasteiger partial charge >= 0.3 is 5.97 Å². The van der Waals surface area contributed by atoms with Gasteiger partial charge in [0.2, 0.25) is 5.91 Å². The van der Waals surface area contributed by atoms with Crippen LogP contribution in [0.3, 0.4) is 0 Å². The van der Waals surface area contributed by atoms with Crippen molar-refractivity contribution in [2.45, 2.75) is 24.9 Å². The molecule has 5 N–H and O–H groups in total. The third-order valence-corrected chi connectivity index (χ3v) is 3.77. The maximum atomic E-state index is 12.7. The van der Waals surface area contributed by atoms with Crippen molar-refractivity contribution in [3.63, 3.8) is 0 Å². The summed E-state index contributed by atoms with van der Waals surface area (Å²) >= 11 is 0. The van der Waals surface area contributed by atoms with Gasteiger partial charge in [0, 0.05) is 32.6 Å². The van der Waals surface area contributed by atoms with Crippen LogP contribution in [0.15, 0.2) is 6.20 Å². The minimum atomic E-state index is -0.976. The zero-order chi connectivity index (χ0) is 16.8. The number of rotatable bonds is 7. The van der Waals surface area contributed by atoms with Crippen molar-refractivity contribution in [3.8, 4) is 0 Å². The Kier molecular flexibility index (Phi) is 8.05. The number of carboxylic acids is 1. The number of hydrogen-bond acceptors (Lipinski definition) is 7. The summed E-state index contributed by atoms with van der Waals surface area (Å²) in [7, 11) is 0. The number of aromatic nitrogens is 3. The molecule has 0 aromatic carbocycles. The third kappa shape index (κ3) is 5.13. The van der Waals surface area contributed by atoms with Crippen LogP contribution in [-0.2, 0) is 9.59 Å². The molecular formula is C13H22ClN6O4-. The van der Waals surface area contributed by atoms with Crippen molar-refractivity contribution in [1.82, 2.24) is 25.2 Å². The fourth-order valence-electron chi connectivity index (χ4n) is 2.43. The Morgan fingerprint density at radius 1 is 1.38 bits per heavy atom. The number of nitrogens with two attached hydrogens (primary N) is 1. The molecule has 2 heterocycles. The zero-order valence-corrected chi connectivity index (χ0v) is 13.9. The van der Waals surface area contributed by atoms with E-state index in [1.165, 1.54) is 10.9 Å². The van der Waals surface area contributed by atoms with Crippen LogP contribution in [0.25, 0.3) is 0 Å². The number of aliphatic hydroxyl groups is 1. The van der Waals surface area contributed by atoms with E-state index < -0.39 is 18.1 Å². The van der Waals surface area contributed by atoms with Gasteiger partial charge in [-0.2, -0.15) is 0 Å². The van der Waals surface area contributed by atoms with Crippen molar-refractivity contribution < 1.29 is 32.2 Å². The van der Waals surface area contributed by atoms with E-state index in [0.717, 1.165) is 0 Å². The highest BCUT2D eigenvalue weighted by Gasteiger charge is 2.29. The van der Waals surface area contributed by atoms with Gasteiger partial charge in [-0.3, -0.25) is 9.59 Å². The molecule has 1 fully saturated rings. The lowest BCUT2D eigenvalue weighted by molar-refractivity contribution is -0.139. The molecule has 0 bridgehead atoms. The second-order valence-electron chi connectivity index (χ2n) is 5.44. The number of hydrogen-bond donors (Lipinski definition) is 4. The molecule has 0 saturated carbocycles. The van der Waals surface area contributed by atoms with E-state index in [2.05, 4.69) is 15.6 Å². The van der Waals surface area contributed by atoms with E-state index in [4.69, 9.17) is 15.9 Å². The second kappa shape index (κ2) is 9.52. The van der Waals surface area contributed by atoms with Crippen LogP contribution in [0.1, 0.15) is 30.6 Å². The lowest BCUT2D eigenvalue weighted by Gasteiger charge is -2.30. The molecule has 10 nitrogen and oxygen atoms in total. The Morgan fingerprint density at radius 2 is 2.04 bits per heavy atom. The van der Waals surface area contributed by atoms with Crippen LogP contribution < -0.4 is 23.5 Å². The molecule has 11 heteroatoms. The molecule has 1 aromatic rings. The van der Waals surface area contributed by atoms with Crippen LogP contribution in [0.5, 0.6) is 0 Å². The normalized spacial score (nSPS) is 17.0. The van der Waals surface area contributed by atoms with Gasteiger partial charge < -0.3 is 38.6 Å². The lowest BCUT2D eigenvalue weighted by Crippen LogP contribution is -3.00. The molecule has 1 unspecified atom stereocenters. The number of aliphatic carboxylic acids is 1. The average molecular weight is 362 g/mol. The molecule has 1 amide bonds. The first-order valence-corrected chi connectivity index (χ1v) is 7.52. The number of aliphatic hydroxyl groups excluding tert-OH is 1. The largest absolute Gasteiger partial charge is 1.00 e. The van der Waals surface area contributed by atoms with E-state index in [-0.39, 0.29) is 37.8 Å². The fourth-order valence-corrected chi connectivity index (χ4v) is 2.43. The van der Waals surface area contributed by atoms with Crippen LogP contribution in [-0.4, -0.2) is 74.8 Å². The number of amides is 1. The number of carbonyl (C=O) groups is 2. The standard InChI is InChI=1S/C13H22N6O4.ClH/c14-9(8-20)10-7-19(17-16-10)11(1-2-12(21)22)13(23)18-5-3-15-4-6-18;/h7,9,11,15,20H,1-6,8,14H2,(H,21,22);1H/p-1/t9?,11-;/m0./s1. The summed E-state index contributed by atoms with van der Waals surface area (Å²) in [5.74, 6) is -1.16.